The van der Waals surface area contributed by atoms with E-state index in [9.17, 15) is 9.18 Å². The zero-order valence-electron chi connectivity index (χ0n) is 13.9. The highest BCUT2D eigenvalue weighted by Crippen LogP contribution is 2.28. The van der Waals surface area contributed by atoms with E-state index in [0.717, 1.165) is 24.8 Å². The Morgan fingerprint density at radius 3 is 2.75 bits per heavy atom. The number of ether oxygens (including phenoxy) is 1. The van der Waals surface area contributed by atoms with Gasteiger partial charge in [0.1, 0.15) is 5.82 Å². The van der Waals surface area contributed by atoms with Crippen molar-refractivity contribution in [1.82, 2.24) is 0 Å². The number of benzene rings is 2. The Hall–Kier alpha value is -2.07. The number of unbranched alkanes of at least 4 members (excludes halogenated alkanes) is 2. The molecule has 0 aromatic heterocycles. The van der Waals surface area contributed by atoms with Gasteiger partial charge in [-0.25, -0.2) is 9.18 Å². The molecule has 0 spiro atoms. The molecule has 2 aromatic rings. The lowest BCUT2D eigenvalue weighted by molar-refractivity contribution is 0.0499. The summed E-state index contributed by atoms with van der Waals surface area (Å²) < 4.78 is 18.9. The van der Waals surface area contributed by atoms with E-state index in [-0.39, 0.29) is 0 Å². The predicted molar refractivity (Wildman–Crippen MR) is 95.7 cm³/mol. The molecule has 0 aliphatic heterocycles. The molecule has 0 radical (unpaired) electrons. The third-order valence-electron chi connectivity index (χ3n) is 3.72. The second kappa shape index (κ2) is 8.69. The molecule has 128 valence electrons. The van der Waals surface area contributed by atoms with Gasteiger partial charge in [0.05, 0.1) is 17.9 Å². The van der Waals surface area contributed by atoms with E-state index < -0.39 is 11.8 Å². The Bertz CT molecular complexity index is 719. The zero-order valence-corrected chi connectivity index (χ0v) is 14.6. The molecule has 1 N–H and O–H groups in total. The summed E-state index contributed by atoms with van der Waals surface area (Å²) in [6.45, 7) is 4.30. The molecular weight excluding hydrogens is 329 g/mol. The fraction of sp³-hybridized carbons (Fsp3) is 0.316. The van der Waals surface area contributed by atoms with Crippen molar-refractivity contribution in [2.75, 3.05) is 11.9 Å². The Kier molecular flexibility index (Phi) is 6.62. The maximum atomic E-state index is 13.6. The maximum absolute atomic E-state index is 13.6. The Morgan fingerprint density at radius 2 is 2.00 bits per heavy atom. The molecule has 3 nitrogen and oxygen atoms in total. The van der Waals surface area contributed by atoms with Crippen LogP contribution in [0.25, 0.3) is 0 Å². The summed E-state index contributed by atoms with van der Waals surface area (Å²) in [6.07, 6.45) is 2.87. The van der Waals surface area contributed by atoms with Gasteiger partial charge in [-0.3, -0.25) is 0 Å². The lowest BCUT2D eigenvalue weighted by Crippen LogP contribution is -2.10. The number of hydrogen-bond acceptors (Lipinski definition) is 3. The monoisotopic (exact) mass is 349 g/mol. The molecule has 2 rings (SSSR count). The number of carbonyl (C=O) groups is 1. The van der Waals surface area contributed by atoms with E-state index in [0.29, 0.717) is 28.6 Å². The van der Waals surface area contributed by atoms with Gasteiger partial charge in [-0.05, 0) is 49.2 Å². The minimum Gasteiger partial charge on any atom is -0.462 e. The minimum absolute atomic E-state index is 0.298. The van der Waals surface area contributed by atoms with Crippen molar-refractivity contribution in [3.63, 3.8) is 0 Å². The van der Waals surface area contributed by atoms with Gasteiger partial charge in [-0.1, -0.05) is 37.4 Å². The third kappa shape index (κ3) is 4.71. The van der Waals surface area contributed by atoms with Gasteiger partial charge in [0.2, 0.25) is 0 Å². The smallest absolute Gasteiger partial charge is 0.340 e. The molecule has 0 bridgehead atoms. The van der Waals surface area contributed by atoms with Crippen LogP contribution in [0.1, 0.15) is 42.1 Å². The molecule has 0 heterocycles. The molecular formula is C19H21ClFNO2. The summed E-state index contributed by atoms with van der Waals surface area (Å²) in [7, 11) is 0. The fourth-order valence-electron chi connectivity index (χ4n) is 2.28. The van der Waals surface area contributed by atoms with Crippen LogP contribution in [0.2, 0.25) is 5.02 Å². The average molecular weight is 350 g/mol. The number of esters is 1. The minimum atomic E-state index is -0.465. The Balaban J connectivity index is 2.21. The van der Waals surface area contributed by atoms with E-state index in [2.05, 4.69) is 12.2 Å². The molecule has 0 amide bonds. The molecule has 0 aliphatic rings. The first-order valence-corrected chi connectivity index (χ1v) is 8.39. The molecule has 0 saturated carbocycles. The van der Waals surface area contributed by atoms with Crippen LogP contribution < -0.4 is 5.32 Å². The molecule has 0 saturated heterocycles. The molecule has 0 fully saturated rings. The number of anilines is 2. The maximum Gasteiger partial charge on any atom is 0.340 e. The molecule has 0 atom stereocenters. The summed E-state index contributed by atoms with van der Waals surface area (Å²) >= 11 is 6.11. The third-order valence-corrected chi connectivity index (χ3v) is 4.13. The van der Waals surface area contributed by atoms with Crippen LogP contribution in [0.5, 0.6) is 0 Å². The van der Waals surface area contributed by atoms with Crippen LogP contribution >= 0.6 is 11.6 Å². The van der Waals surface area contributed by atoms with Crippen molar-refractivity contribution in [3.8, 4) is 0 Å². The van der Waals surface area contributed by atoms with Gasteiger partial charge < -0.3 is 10.1 Å². The number of rotatable bonds is 7. The number of nitrogens with one attached hydrogen (secondary N) is 1. The normalized spacial score (nSPS) is 10.5. The fourth-order valence-corrected chi connectivity index (χ4v) is 2.46. The van der Waals surface area contributed by atoms with Crippen LogP contribution in [0.3, 0.4) is 0 Å². The zero-order chi connectivity index (χ0) is 17.5. The number of halogens is 2. The van der Waals surface area contributed by atoms with E-state index in [1.165, 1.54) is 18.2 Å². The summed E-state index contributed by atoms with van der Waals surface area (Å²) in [5.74, 6) is -0.895. The second-order valence-electron chi connectivity index (χ2n) is 5.57. The van der Waals surface area contributed by atoms with Crippen LogP contribution in [0.4, 0.5) is 15.8 Å². The highest BCUT2D eigenvalue weighted by atomic mass is 35.5. The lowest BCUT2D eigenvalue weighted by Gasteiger charge is -2.14. The highest BCUT2D eigenvalue weighted by molar-refractivity contribution is 6.31. The summed E-state index contributed by atoms with van der Waals surface area (Å²) in [4.78, 5) is 12.3. The van der Waals surface area contributed by atoms with Gasteiger partial charge in [0.25, 0.3) is 0 Å². The van der Waals surface area contributed by atoms with Crippen molar-refractivity contribution >= 4 is 28.9 Å². The number of hydrogen-bond donors (Lipinski definition) is 1. The molecule has 0 unspecified atom stereocenters. The summed E-state index contributed by atoms with van der Waals surface area (Å²) in [5, 5.41) is 3.68. The summed E-state index contributed by atoms with van der Waals surface area (Å²) in [5.41, 5.74) is 2.20. The van der Waals surface area contributed by atoms with E-state index in [4.69, 9.17) is 16.3 Å². The SMILES string of the molecule is CCCCCOC(=O)c1ccc(F)cc1Nc1cccc(Cl)c1C. The first-order chi connectivity index (χ1) is 11.5. The van der Waals surface area contributed by atoms with Gasteiger partial charge >= 0.3 is 5.97 Å². The topological polar surface area (TPSA) is 38.3 Å². The van der Waals surface area contributed by atoms with Gasteiger partial charge in [0, 0.05) is 10.7 Å². The largest absolute Gasteiger partial charge is 0.462 e. The van der Waals surface area contributed by atoms with E-state index >= 15 is 0 Å². The quantitative estimate of drug-likeness (QED) is 0.501. The van der Waals surface area contributed by atoms with Gasteiger partial charge in [0.15, 0.2) is 0 Å². The van der Waals surface area contributed by atoms with Crippen molar-refractivity contribution in [2.24, 2.45) is 0 Å². The van der Waals surface area contributed by atoms with Crippen LogP contribution in [-0.2, 0) is 4.74 Å². The van der Waals surface area contributed by atoms with Crippen molar-refractivity contribution in [2.45, 2.75) is 33.1 Å². The lowest BCUT2D eigenvalue weighted by atomic mass is 10.1. The second-order valence-corrected chi connectivity index (χ2v) is 5.98. The van der Waals surface area contributed by atoms with Crippen LogP contribution in [0.15, 0.2) is 36.4 Å². The highest BCUT2D eigenvalue weighted by Gasteiger charge is 2.15. The standard InChI is InChI=1S/C19H21ClFNO2/c1-3-4-5-11-24-19(23)15-10-9-14(21)12-18(15)22-17-8-6-7-16(20)13(17)2/h6-10,12,22H,3-5,11H2,1-2H3. The first kappa shape index (κ1) is 18.3. The Labute approximate surface area is 146 Å². The van der Waals surface area contributed by atoms with Crippen molar-refractivity contribution < 1.29 is 13.9 Å². The predicted octanol–water partition coefficient (Wildman–Crippen LogP) is 5.88. The van der Waals surface area contributed by atoms with Crippen molar-refractivity contribution in [3.05, 3.63) is 58.4 Å². The molecule has 24 heavy (non-hydrogen) atoms. The van der Waals surface area contributed by atoms with Gasteiger partial charge in [-0.2, -0.15) is 0 Å². The molecule has 2 aromatic carbocycles. The average Bonchev–Trinajstić information content (AvgIpc) is 2.56. The first-order valence-electron chi connectivity index (χ1n) is 8.01. The van der Waals surface area contributed by atoms with Gasteiger partial charge in [-0.15, -0.1) is 0 Å². The van der Waals surface area contributed by atoms with E-state index in [1.54, 1.807) is 12.1 Å². The van der Waals surface area contributed by atoms with E-state index in [1.807, 2.05) is 13.0 Å². The molecule has 0 aliphatic carbocycles. The summed E-state index contributed by atoms with van der Waals surface area (Å²) in [6, 6.07) is 9.35. The Morgan fingerprint density at radius 1 is 1.21 bits per heavy atom. The van der Waals surface area contributed by atoms with Crippen molar-refractivity contribution in [1.29, 1.82) is 0 Å². The van der Waals surface area contributed by atoms with Crippen LogP contribution in [0, 0.1) is 12.7 Å². The van der Waals surface area contributed by atoms with Crippen LogP contribution in [-0.4, -0.2) is 12.6 Å². The number of carbonyl (C=O) groups excluding carboxylic acids is 1. The molecule has 5 heteroatoms.